The third-order valence-corrected chi connectivity index (χ3v) is 7.50. The van der Waals surface area contributed by atoms with Crippen molar-refractivity contribution in [1.29, 1.82) is 0 Å². The molecule has 4 aromatic heterocycles. The van der Waals surface area contributed by atoms with E-state index < -0.39 is 0 Å². The van der Waals surface area contributed by atoms with Crippen molar-refractivity contribution in [2.75, 3.05) is 18.6 Å². The fraction of sp³-hybridized carbons (Fsp3) is 0.387. The zero-order valence-corrected chi connectivity index (χ0v) is 24.0. The Morgan fingerprint density at radius 2 is 1.60 bits per heavy atom. The summed E-state index contributed by atoms with van der Waals surface area (Å²) in [5.74, 6) is 1.87. The lowest BCUT2D eigenvalue weighted by molar-refractivity contribution is 0.277. The van der Waals surface area contributed by atoms with Gasteiger partial charge in [-0.05, 0) is 69.5 Å². The van der Waals surface area contributed by atoms with Gasteiger partial charge in [0.1, 0.15) is 11.4 Å². The molecule has 1 unspecified atom stereocenters. The van der Waals surface area contributed by atoms with E-state index in [0.29, 0.717) is 43.1 Å². The molecule has 0 bridgehead atoms. The van der Waals surface area contributed by atoms with Crippen LogP contribution >= 0.6 is 0 Å². The van der Waals surface area contributed by atoms with Crippen LogP contribution in [0.15, 0.2) is 53.5 Å². The van der Waals surface area contributed by atoms with Gasteiger partial charge in [0.2, 0.25) is 5.88 Å². The third-order valence-electron chi connectivity index (χ3n) is 7.50. The van der Waals surface area contributed by atoms with E-state index in [-0.39, 0.29) is 5.56 Å². The van der Waals surface area contributed by atoms with Crippen LogP contribution in [0, 0.1) is 33.6 Å². The molecule has 1 fully saturated rings. The first kappa shape index (κ1) is 27.3. The molecule has 1 aliphatic carbocycles. The van der Waals surface area contributed by atoms with Gasteiger partial charge in [-0.2, -0.15) is 0 Å². The Morgan fingerprint density at radius 3 is 2.15 bits per heavy atom. The molecule has 4 heterocycles. The zero-order chi connectivity index (χ0) is 28.4. The Bertz CT molecular complexity index is 1510. The molecule has 0 radical (unpaired) electrons. The fourth-order valence-electron chi connectivity index (χ4n) is 4.98. The summed E-state index contributed by atoms with van der Waals surface area (Å²) in [4.78, 5) is 29.3. The normalized spacial score (nSPS) is 16.1. The molecule has 208 valence electrons. The average Bonchev–Trinajstić information content (AvgIpc) is 3.71. The van der Waals surface area contributed by atoms with Crippen molar-refractivity contribution in [3.63, 3.8) is 0 Å². The van der Waals surface area contributed by atoms with E-state index in [4.69, 9.17) is 9.47 Å². The maximum absolute atomic E-state index is 13.4. The van der Waals surface area contributed by atoms with E-state index in [9.17, 15) is 4.79 Å². The van der Waals surface area contributed by atoms with E-state index >= 15 is 0 Å². The van der Waals surface area contributed by atoms with Crippen molar-refractivity contribution in [2.24, 2.45) is 13.0 Å². The van der Waals surface area contributed by atoms with Crippen molar-refractivity contribution in [3.8, 4) is 11.6 Å². The first-order valence-corrected chi connectivity index (χ1v) is 13.5. The smallest absolute Gasteiger partial charge is 0.290 e. The van der Waals surface area contributed by atoms with Crippen molar-refractivity contribution in [3.05, 3.63) is 98.6 Å². The van der Waals surface area contributed by atoms with Crippen LogP contribution in [0.25, 0.3) is 0 Å². The van der Waals surface area contributed by atoms with Gasteiger partial charge in [-0.3, -0.25) is 19.7 Å². The summed E-state index contributed by atoms with van der Waals surface area (Å²) in [6.07, 6.45) is 2.75. The molecule has 4 aromatic rings. The van der Waals surface area contributed by atoms with Crippen LogP contribution in [0.1, 0.15) is 51.9 Å². The molecule has 5 rings (SSSR count). The Morgan fingerprint density at radius 1 is 0.950 bits per heavy atom. The van der Waals surface area contributed by atoms with Crippen molar-refractivity contribution >= 4 is 5.69 Å². The molecule has 2 atom stereocenters. The van der Waals surface area contributed by atoms with Crippen LogP contribution < -0.4 is 19.9 Å². The molecular weight excluding hydrogens is 504 g/mol. The van der Waals surface area contributed by atoms with Crippen molar-refractivity contribution in [1.82, 2.24) is 24.7 Å². The minimum absolute atomic E-state index is 0.186. The maximum atomic E-state index is 13.4. The first-order chi connectivity index (χ1) is 19.2. The lowest BCUT2D eigenvalue weighted by Gasteiger charge is -2.26. The molecule has 0 spiro atoms. The van der Waals surface area contributed by atoms with Crippen LogP contribution in [0.4, 0.5) is 5.69 Å². The number of aromatic nitrogens is 5. The highest BCUT2D eigenvalue weighted by Crippen LogP contribution is 2.46. The molecule has 1 aliphatic rings. The summed E-state index contributed by atoms with van der Waals surface area (Å²) in [5.41, 5.74) is 7.30. The molecule has 0 aliphatic heterocycles. The van der Waals surface area contributed by atoms with Crippen LogP contribution in [0.5, 0.6) is 11.6 Å². The van der Waals surface area contributed by atoms with E-state index in [2.05, 4.69) is 37.1 Å². The molecule has 9 nitrogen and oxygen atoms in total. The molecule has 40 heavy (non-hydrogen) atoms. The second-order valence-electron chi connectivity index (χ2n) is 10.6. The second-order valence-corrected chi connectivity index (χ2v) is 10.6. The standard InChI is InChI=1S/C31H36N6O3/c1-19-7-9-23(21(3)33-19)16-37(17-24-10-8-20(2)34-22(24)4)29-14-30(35-36(5)31(29)38)40-18-25-13-27(25)28-12-11-26(39-6)15-32-28/h7-12,14-15,25,27H,13,16-18H2,1-6H3/t25?,27-/m1/s1. The molecule has 0 aromatic carbocycles. The summed E-state index contributed by atoms with van der Waals surface area (Å²) in [6, 6.07) is 13.9. The number of anilines is 1. The number of methoxy groups -OCH3 is 1. The minimum atomic E-state index is -0.186. The Hall–Kier alpha value is -4.27. The lowest BCUT2D eigenvalue weighted by Crippen LogP contribution is -2.32. The Balaban J connectivity index is 1.39. The molecule has 0 saturated heterocycles. The van der Waals surface area contributed by atoms with Gasteiger partial charge >= 0.3 is 0 Å². The highest BCUT2D eigenvalue weighted by Gasteiger charge is 2.40. The SMILES string of the molecule is COc1ccc([C@@H]2CC2COc2cc(N(Cc3ccc(C)nc3C)Cc3ccc(C)nc3C)c(=O)n(C)n2)nc1. The molecule has 0 amide bonds. The zero-order valence-electron chi connectivity index (χ0n) is 24.0. The summed E-state index contributed by atoms with van der Waals surface area (Å²) in [6.45, 7) is 9.49. The molecule has 1 saturated carbocycles. The predicted molar refractivity (Wildman–Crippen MR) is 154 cm³/mol. The van der Waals surface area contributed by atoms with Gasteiger partial charge in [0.15, 0.2) is 0 Å². The van der Waals surface area contributed by atoms with E-state index in [1.54, 1.807) is 26.4 Å². The lowest BCUT2D eigenvalue weighted by atomic mass is 10.1. The number of rotatable bonds is 10. The number of hydrogen-bond donors (Lipinski definition) is 0. The van der Waals surface area contributed by atoms with Gasteiger partial charge in [-0.15, -0.1) is 5.10 Å². The van der Waals surface area contributed by atoms with Crippen LogP contribution in [0.2, 0.25) is 0 Å². The van der Waals surface area contributed by atoms with E-state index in [1.807, 2.05) is 52.0 Å². The summed E-state index contributed by atoms with van der Waals surface area (Å²) < 4.78 is 12.7. The topological polar surface area (TPSA) is 95.3 Å². The highest BCUT2D eigenvalue weighted by molar-refractivity contribution is 5.49. The Labute approximate surface area is 234 Å². The monoisotopic (exact) mass is 540 g/mol. The Kier molecular flexibility index (Phi) is 7.82. The molecule has 9 heteroatoms. The van der Waals surface area contributed by atoms with Gasteiger partial charge in [-0.1, -0.05) is 12.1 Å². The highest BCUT2D eigenvalue weighted by atomic mass is 16.5. The van der Waals surface area contributed by atoms with Gasteiger partial charge in [-0.25, -0.2) is 4.68 Å². The average molecular weight is 541 g/mol. The van der Waals surface area contributed by atoms with Gasteiger partial charge in [0.05, 0.1) is 19.9 Å². The van der Waals surface area contributed by atoms with Gasteiger partial charge < -0.3 is 14.4 Å². The minimum Gasteiger partial charge on any atom is -0.495 e. The summed E-state index contributed by atoms with van der Waals surface area (Å²) >= 11 is 0. The van der Waals surface area contributed by atoms with E-state index in [1.165, 1.54) is 4.68 Å². The van der Waals surface area contributed by atoms with Crippen LogP contribution in [0.3, 0.4) is 0 Å². The quantitative estimate of drug-likeness (QED) is 0.288. The van der Waals surface area contributed by atoms with Crippen molar-refractivity contribution < 1.29 is 9.47 Å². The van der Waals surface area contributed by atoms with E-state index in [0.717, 1.165) is 51.8 Å². The first-order valence-electron chi connectivity index (χ1n) is 13.5. The molecular formula is C31H36N6O3. The number of hydrogen-bond acceptors (Lipinski definition) is 8. The van der Waals surface area contributed by atoms with Gasteiger partial charge in [0, 0.05) is 66.5 Å². The number of aryl methyl sites for hydroxylation is 5. The fourth-order valence-corrected chi connectivity index (χ4v) is 4.98. The predicted octanol–water partition coefficient (Wildman–Crippen LogP) is 4.60. The van der Waals surface area contributed by atoms with Crippen LogP contribution in [-0.2, 0) is 20.1 Å². The largest absolute Gasteiger partial charge is 0.495 e. The number of nitrogens with zero attached hydrogens (tertiary/aromatic N) is 6. The molecule has 0 N–H and O–H groups in total. The number of pyridine rings is 3. The second kappa shape index (κ2) is 11.5. The van der Waals surface area contributed by atoms with Crippen molar-refractivity contribution in [2.45, 2.75) is 53.1 Å². The summed E-state index contributed by atoms with van der Waals surface area (Å²) in [5, 5.41) is 4.41. The maximum Gasteiger partial charge on any atom is 0.290 e. The summed E-state index contributed by atoms with van der Waals surface area (Å²) in [7, 11) is 3.30. The number of ether oxygens (including phenoxy) is 2. The third kappa shape index (κ3) is 6.14. The van der Waals surface area contributed by atoms with Gasteiger partial charge in [0.25, 0.3) is 5.56 Å². The van der Waals surface area contributed by atoms with Crippen LogP contribution in [-0.4, -0.2) is 38.4 Å².